The lowest BCUT2D eigenvalue weighted by atomic mass is 9.98. The number of nitrogens with zero attached hydrogens (tertiary/aromatic N) is 1. The van der Waals surface area contributed by atoms with Crippen molar-refractivity contribution in [1.82, 2.24) is 4.90 Å². The Morgan fingerprint density at radius 1 is 1.33 bits per heavy atom. The quantitative estimate of drug-likeness (QED) is 0.908. The first-order valence-electron chi connectivity index (χ1n) is 7.51. The van der Waals surface area contributed by atoms with Gasteiger partial charge in [0.1, 0.15) is 0 Å². The number of hydrogen-bond donors (Lipinski definition) is 1. The summed E-state index contributed by atoms with van der Waals surface area (Å²) < 4.78 is 38.1. The molecule has 2 nitrogen and oxygen atoms in total. The summed E-state index contributed by atoms with van der Waals surface area (Å²) in [6.45, 7) is 3.42. The van der Waals surface area contributed by atoms with E-state index in [-0.39, 0.29) is 0 Å². The first kappa shape index (κ1) is 16.3. The van der Waals surface area contributed by atoms with E-state index in [2.05, 4.69) is 11.8 Å². The van der Waals surface area contributed by atoms with Crippen LogP contribution in [0, 0.1) is 0 Å². The van der Waals surface area contributed by atoms with Gasteiger partial charge >= 0.3 is 6.18 Å². The molecule has 0 radical (unpaired) electrons. The fourth-order valence-electron chi connectivity index (χ4n) is 3.01. The Morgan fingerprint density at radius 3 is 2.76 bits per heavy atom. The molecule has 0 spiro atoms. The number of likely N-dealkylation sites (tertiary alicyclic amines) is 1. The molecule has 2 unspecified atom stereocenters. The van der Waals surface area contributed by atoms with E-state index >= 15 is 0 Å². The van der Waals surface area contributed by atoms with Gasteiger partial charge in [-0.25, -0.2) is 0 Å². The molecule has 5 heteroatoms. The number of β-amino-alcohol motifs (C(OH)–C–C–N with tert-alkyl or cyclic N) is 1. The van der Waals surface area contributed by atoms with Crippen molar-refractivity contribution < 1.29 is 18.3 Å². The van der Waals surface area contributed by atoms with Gasteiger partial charge in [0, 0.05) is 12.6 Å². The zero-order valence-corrected chi connectivity index (χ0v) is 12.2. The van der Waals surface area contributed by atoms with E-state index in [0.717, 1.165) is 37.9 Å². The minimum Gasteiger partial charge on any atom is -0.387 e. The van der Waals surface area contributed by atoms with Crippen LogP contribution in [0.3, 0.4) is 0 Å². The zero-order valence-electron chi connectivity index (χ0n) is 12.2. The molecule has 0 aromatic heterocycles. The number of halogens is 3. The van der Waals surface area contributed by atoms with Gasteiger partial charge in [0.25, 0.3) is 0 Å². The molecular formula is C16H22F3NO. The van der Waals surface area contributed by atoms with Gasteiger partial charge in [-0.2, -0.15) is 13.2 Å². The number of piperidine rings is 1. The molecular weight excluding hydrogens is 279 g/mol. The second-order valence-electron chi connectivity index (χ2n) is 5.69. The topological polar surface area (TPSA) is 23.5 Å². The minimum atomic E-state index is -4.37. The number of aliphatic hydroxyl groups is 1. The van der Waals surface area contributed by atoms with Crippen LogP contribution in [0.15, 0.2) is 24.3 Å². The SMILES string of the molecule is CCC1CCCCN1CC(O)c1cccc(C(F)(F)F)c1. The average molecular weight is 301 g/mol. The molecule has 0 amide bonds. The second-order valence-corrected chi connectivity index (χ2v) is 5.69. The Bertz CT molecular complexity index is 461. The van der Waals surface area contributed by atoms with Crippen LogP contribution >= 0.6 is 0 Å². The molecule has 1 aliphatic rings. The lowest BCUT2D eigenvalue weighted by Crippen LogP contribution is -2.41. The Kier molecular flexibility index (Phi) is 5.27. The number of benzene rings is 1. The largest absolute Gasteiger partial charge is 0.416 e. The highest BCUT2D eigenvalue weighted by Crippen LogP contribution is 2.31. The van der Waals surface area contributed by atoms with Gasteiger partial charge in [0.2, 0.25) is 0 Å². The summed E-state index contributed by atoms with van der Waals surface area (Å²) in [5, 5.41) is 10.3. The van der Waals surface area contributed by atoms with Crippen molar-refractivity contribution in [2.45, 2.75) is 50.9 Å². The van der Waals surface area contributed by atoms with Crippen LogP contribution in [-0.4, -0.2) is 29.1 Å². The maximum absolute atomic E-state index is 12.7. The molecule has 2 atom stereocenters. The molecule has 1 heterocycles. The molecule has 1 saturated heterocycles. The molecule has 0 saturated carbocycles. The summed E-state index contributed by atoms with van der Waals surface area (Å²) in [5.41, 5.74) is -0.366. The van der Waals surface area contributed by atoms with E-state index in [0.29, 0.717) is 18.2 Å². The molecule has 0 aliphatic carbocycles. The third kappa shape index (κ3) is 4.20. The standard InChI is InChI=1S/C16H22F3NO/c1-2-14-8-3-4-9-20(14)11-15(21)12-6-5-7-13(10-12)16(17,18)19/h5-7,10,14-15,21H,2-4,8-9,11H2,1H3. The van der Waals surface area contributed by atoms with Crippen molar-refractivity contribution in [3.63, 3.8) is 0 Å². The number of alkyl halides is 3. The van der Waals surface area contributed by atoms with E-state index < -0.39 is 17.8 Å². The van der Waals surface area contributed by atoms with Gasteiger partial charge in [-0.05, 0) is 43.5 Å². The Hall–Kier alpha value is -1.07. The van der Waals surface area contributed by atoms with Crippen molar-refractivity contribution in [3.8, 4) is 0 Å². The molecule has 1 fully saturated rings. The van der Waals surface area contributed by atoms with Gasteiger partial charge in [-0.1, -0.05) is 25.5 Å². The van der Waals surface area contributed by atoms with E-state index in [1.165, 1.54) is 12.5 Å². The van der Waals surface area contributed by atoms with E-state index in [4.69, 9.17) is 0 Å². The zero-order chi connectivity index (χ0) is 15.5. The molecule has 1 aromatic carbocycles. The molecule has 1 aliphatic heterocycles. The fourth-order valence-corrected chi connectivity index (χ4v) is 3.01. The van der Waals surface area contributed by atoms with Gasteiger partial charge in [-0.3, -0.25) is 4.90 Å². The molecule has 0 bridgehead atoms. The van der Waals surface area contributed by atoms with E-state index in [1.807, 2.05) is 0 Å². The van der Waals surface area contributed by atoms with Crippen LogP contribution in [0.1, 0.15) is 49.8 Å². The first-order valence-corrected chi connectivity index (χ1v) is 7.51. The Labute approximate surface area is 123 Å². The van der Waals surface area contributed by atoms with Gasteiger partial charge in [0.05, 0.1) is 11.7 Å². The van der Waals surface area contributed by atoms with Crippen molar-refractivity contribution >= 4 is 0 Å². The number of aliphatic hydroxyl groups excluding tert-OH is 1. The van der Waals surface area contributed by atoms with Crippen LogP contribution in [0.25, 0.3) is 0 Å². The van der Waals surface area contributed by atoms with Crippen molar-refractivity contribution in [2.24, 2.45) is 0 Å². The predicted octanol–water partition coefficient (Wildman–Crippen LogP) is 4.00. The summed E-state index contributed by atoms with van der Waals surface area (Å²) in [7, 11) is 0. The number of rotatable bonds is 4. The maximum atomic E-state index is 12.7. The van der Waals surface area contributed by atoms with Crippen LogP contribution in [0.2, 0.25) is 0 Å². The van der Waals surface area contributed by atoms with Gasteiger partial charge in [-0.15, -0.1) is 0 Å². The third-order valence-electron chi connectivity index (χ3n) is 4.23. The molecule has 118 valence electrons. The Balaban J connectivity index is 2.07. The van der Waals surface area contributed by atoms with Crippen LogP contribution in [0.4, 0.5) is 13.2 Å². The summed E-state index contributed by atoms with van der Waals surface area (Å²) in [6, 6.07) is 5.43. The van der Waals surface area contributed by atoms with Crippen molar-refractivity contribution in [2.75, 3.05) is 13.1 Å². The van der Waals surface area contributed by atoms with Crippen LogP contribution < -0.4 is 0 Å². The molecule has 2 rings (SSSR count). The number of hydrogen-bond acceptors (Lipinski definition) is 2. The highest BCUT2D eigenvalue weighted by atomic mass is 19.4. The smallest absolute Gasteiger partial charge is 0.387 e. The fraction of sp³-hybridized carbons (Fsp3) is 0.625. The average Bonchev–Trinajstić information content (AvgIpc) is 2.47. The van der Waals surface area contributed by atoms with Gasteiger partial charge < -0.3 is 5.11 Å². The first-order chi connectivity index (χ1) is 9.91. The molecule has 1 N–H and O–H groups in total. The minimum absolute atomic E-state index is 0.338. The van der Waals surface area contributed by atoms with Gasteiger partial charge in [0.15, 0.2) is 0 Å². The summed E-state index contributed by atoms with van der Waals surface area (Å²) in [5.74, 6) is 0. The summed E-state index contributed by atoms with van der Waals surface area (Å²) in [4.78, 5) is 2.20. The second kappa shape index (κ2) is 6.79. The lowest BCUT2D eigenvalue weighted by Gasteiger charge is -2.36. The van der Waals surface area contributed by atoms with E-state index in [9.17, 15) is 18.3 Å². The van der Waals surface area contributed by atoms with Crippen molar-refractivity contribution in [1.29, 1.82) is 0 Å². The monoisotopic (exact) mass is 301 g/mol. The third-order valence-corrected chi connectivity index (χ3v) is 4.23. The molecule has 21 heavy (non-hydrogen) atoms. The van der Waals surface area contributed by atoms with E-state index in [1.54, 1.807) is 6.07 Å². The lowest BCUT2D eigenvalue weighted by molar-refractivity contribution is -0.137. The Morgan fingerprint density at radius 2 is 2.10 bits per heavy atom. The maximum Gasteiger partial charge on any atom is 0.416 e. The normalized spacial score (nSPS) is 22.2. The molecule has 1 aromatic rings. The summed E-state index contributed by atoms with van der Waals surface area (Å²) in [6.07, 6.45) is -0.853. The summed E-state index contributed by atoms with van der Waals surface area (Å²) >= 11 is 0. The predicted molar refractivity (Wildman–Crippen MR) is 75.9 cm³/mol. The van der Waals surface area contributed by atoms with Crippen LogP contribution in [-0.2, 0) is 6.18 Å². The highest BCUT2D eigenvalue weighted by Gasteiger charge is 2.31. The van der Waals surface area contributed by atoms with Crippen molar-refractivity contribution in [3.05, 3.63) is 35.4 Å². The highest BCUT2D eigenvalue weighted by molar-refractivity contribution is 5.27. The van der Waals surface area contributed by atoms with Crippen LogP contribution in [0.5, 0.6) is 0 Å².